The van der Waals surface area contributed by atoms with E-state index in [0.29, 0.717) is 0 Å². The van der Waals surface area contributed by atoms with Crippen LogP contribution in [0.2, 0.25) is 0 Å². The second kappa shape index (κ2) is 5.01. The molecular formula is C13H20N2O. The van der Waals surface area contributed by atoms with Crippen LogP contribution in [0.25, 0.3) is 0 Å². The molecule has 1 aromatic carbocycles. The maximum atomic E-state index is 7.07. The smallest absolute Gasteiger partial charge is 0.145 e. The van der Waals surface area contributed by atoms with Gasteiger partial charge in [-0.2, -0.15) is 0 Å². The average Bonchev–Trinajstić information content (AvgIpc) is 2.27. The van der Waals surface area contributed by atoms with Crippen LogP contribution in [0.4, 0.5) is 0 Å². The van der Waals surface area contributed by atoms with Crippen molar-refractivity contribution < 1.29 is 4.74 Å². The van der Waals surface area contributed by atoms with E-state index < -0.39 is 0 Å². The molecule has 88 valence electrons. The summed E-state index contributed by atoms with van der Waals surface area (Å²) in [6.07, 6.45) is 1.10. The van der Waals surface area contributed by atoms with Gasteiger partial charge in [0.25, 0.3) is 0 Å². The van der Waals surface area contributed by atoms with E-state index in [0.717, 1.165) is 12.2 Å². The minimum Gasteiger partial charge on any atom is -0.486 e. The minimum absolute atomic E-state index is 0.0398. The topological polar surface area (TPSA) is 59.1 Å². The Bertz CT molecular complexity index is 355. The number of nitrogens with one attached hydrogen (secondary N) is 1. The van der Waals surface area contributed by atoms with Crippen molar-refractivity contribution in [1.29, 1.82) is 5.41 Å². The second-order valence-corrected chi connectivity index (χ2v) is 4.58. The molecule has 0 aliphatic heterocycles. The van der Waals surface area contributed by atoms with Gasteiger partial charge in [0.1, 0.15) is 18.2 Å². The predicted octanol–water partition coefficient (Wildman–Crippen LogP) is 2.69. The molecule has 16 heavy (non-hydrogen) atoms. The number of nitrogens with two attached hydrogens (primary N) is 1. The van der Waals surface area contributed by atoms with Gasteiger partial charge in [0.2, 0.25) is 0 Å². The van der Waals surface area contributed by atoms with E-state index >= 15 is 0 Å². The first-order valence-corrected chi connectivity index (χ1v) is 5.52. The Morgan fingerprint density at radius 2 is 1.88 bits per heavy atom. The highest BCUT2D eigenvalue weighted by Gasteiger charge is 2.17. The van der Waals surface area contributed by atoms with Gasteiger partial charge >= 0.3 is 0 Å². The summed E-state index contributed by atoms with van der Waals surface area (Å²) in [5.74, 6) is 0.795. The van der Waals surface area contributed by atoms with E-state index in [-0.39, 0.29) is 17.9 Å². The van der Waals surface area contributed by atoms with Crippen LogP contribution in [0, 0.1) is 5.41 Å². The summed E-state index contributed by atoms with van der Waals surface area (Å²) in [6.45, 7) is 6.77. The van der Waals surface area contributed by atoms with Gasteiger partial charge in [0.05, 0.1) is 0 Å². The fourth-order valence-electron chi connectivity index (χ4n) is 1.37. The number of benzene rings is 1. The molecule has 0 atom stereocenters. The van der Waals surface area contributed by atoms with Crippen molar-refractivity contribution in [3.63, 3.8) is 0 Å². The van der Waals surface area contributed by atoms with E-state index in [1.54, 1.807) is 0 Å². The van der Waals surface area contributed by atoms with Crippen LogP contribution in [0.1, 0.15) is 32.8 Å². The molecule has 0 radical (unpaired) electrons. The van der Waals surface area contributed by atoms with Crippen LogP contribution in [0.5, 0.6) is 5.75 Å². The van der Waals surface area contributed by atoms with Crippen LogP contribution in [0.3, 0.4) is 0 Å². The van der Waals surface area contributed by atoms with Gasteiger partial charge in [0.15, 0.2) is 0 Å². The van der Waals surface area contributed by atoms with E-state index in [2.05, 4.69) is 32.9 Å². The highest BCUT2D eigenvalue weighted by molar-refractivity contribution is 5.78. The fourth-order valence-corrected chi connectivity index (χ4v) is 1.37. The van der Waals surface area contributed by atoms with Gasteiger partial charge < -0.3 is 10.5 Å². The van der Waals surface area contributed by atoms with Gasteiger partial charge in [0, 0.05) is 0 Å². The molecule has 0 amide bonds. The Morgan fingerprint density at radius 1 is 1.31 bits per heavy atom. The quantitative estimate of drug-likeness (QED) is 0.592. The lowest BCUT2D eigenvalue weighted by atomic mass is 9.82. The second-order valence-electron chi connectivity index (χ2n) is 4.58. The van der Waals surface area contributed by atoms with Gasteiger partial charge in [-0.15, -0.1) is 0 Å². The van der Waals surface area contributed by atoms with Crippen LogP contribution in [-0.4, -0.2) is 12.4 Å². The van der Waals surface area contributed by atoms with Crippen LogP contribution < -0.4 is 10.5 Å². The Kier molecular flexibility index (Phi) is 3.93. The van der Waals surface area contributed by atoms with Gasteiger partial charge in [-0.25, -0.2) is 0 Å². The van der Waals surface area contributed by atoms with Crippen LogP contribution in [0.15, 0.2) is 24.3 Å². The standard InChI is InChI=1S/C13H20N2O/c1-4-13(2,3)10-5-7-11(8-6-10)16-9-12(14)15/h5-8H,4,9H2,1-3H3,(H3,14,15). The number of ether oxygens (including phenoxy) is 1. The fraction of sp³-hybridized carbons (Fsp3) is 0.462. The molecule has 0 saturated heterocycles. The first kappa shape index (κ1) is 12.6. The molecule has 0 aliphatic rings. The van der Waals surface area contributed by atoms with Crippen LogP contribution in [-0.2, 0) is 5.41 Å². The maximum Gasteiger partial charge on any atom is 0.145 e. The third-order valence-electron chi connectivity index (χ3n) is 2.91. The number of hydrogen-bond acceptors (Lipinski definition) is 2. The number of amidine groups is 1. The summed E-state index contributed by atoms with van der Waals surface area (Å²) in [5, 5.41) is 7.07. The molecule has 0 fully saturated rings. The molecule has 0 bridgehead atoms. The summed E-state index contributed by atoms with van der Waals surface area (Å²) < 4.78 is 5.32. The molecule has 0 unspecified atom stereocenters. The largest absolute Gasteiger partial charge is 0.486 e. The Balaban J connectivity index is 2.71. The normalized spacial score (nSPS) is 11.2. The third kappa shape index (κ3) is 3.26. The van der Waals surface area contributed by atoms with E-state index in [1.807, 2.05) is 12.1 Å². The molecule has 1 rings (SSSR count). The molecule has 3 nitrogen and oxygen atoms in total. The molecule has 0 saturated carbocycles. The molecule has 1 aromatic rings. The van der Waals surface area contributed by atoms with Gasteiger partial charge in [-0.05, 0) is 29.5 Å². The lowest BCUT2D eigenvalue weighted by Gasteiger charge is -2.23. The van der Waals surface area contributed by atoms with E-state index in [1.165, 1.54) is 5.56 Å². The zero-order valence-electron chi connectivity index (χ0n) is 10.2. The monoisotopic (exact) mass is 220 g/mol. The summed E-state index contributed by atoms with van der Waals surface area (Å²) >= 11 is 0. The molecule has 0 spiro atoms. The Hall–Kier alpha value is -1.51. The zero-order chi connectivity index (χ0) is 12.2. The van der Waals surface area contributed by atoms with Crippen molar-refractivity contribution in [2.24, 2.45) is 5.73 Å². The number of hydrogen-bond donors (Lipinski definition) is 2. The maximum absolute atomic E-state index is 7.07. The molecule has 3 heteroatoms. The molecule has 0 heterocycles. The van der Waals surface area contributed by atoms with Crippen molar-refractivity contribution in [2.75, 3.05) is 6.61 Å². The third-order valence-corrected chi connectivity index (χ3v) is 2.91. The van der Waals surface area contributed by atoms with Crippen LogP contribution >= 0.6 is 0 Å². The van der Waals surface area contributed by atoms with Crippen molar-refractivity contribution in [3.8, 4) is 5.75 Å². The van der Waals surface area contributed by atoms with E-state index in [9.17, 15) is 0 Å². The molecular weight excluding hydrogens is 200 g/mol. The zero-order valence-corrected chi connectivity index (χ0v) is 10.2. The van der Waals surface area contributed by atoms with Crippen molar-refractivity contribution in [2.45, 2.75) is 32.6 Å². The number of rotatable bonds is 5. The lowest BCUT2D eigenvalue weighted by Crippen LogP contribution is -2.19. The average molecular weight is 220 g/mol. The first-order valence-electron chi connectivity index (χ1n) is 5.52. The minimum atomic E-state index is 0.0398. The highest BCUT2D eigenvalue weighted by Crippen LogP contribution is 2.27. The Morgan fingerprint density at radius 3 is 2.31 bits per heavy atom. The highest BCUT2D eigenvalue weighted by atomic mass is 16.5. The molecule has 0 aliphatic carbocycles. The van der Waals surface area contributed by atoms with Gasteiger partial charge in [-0.1, -0.05) is 32.9 Å². The summed E-state index contributed by atoms with van der Waals surface area (Å²) in [6, 6.07) is 7.99. The summed E-state index contributed by atoms with van der Waals surface area (Å²) in [5.41, 5.74) is 6.71. The SMILES string of the molecule is CCC(C)(C)c1ccc(OCC(=N)N)cc1. The molecule has 3 N–H and O–H groups in total. The lowest BCUT2D eigenvalue weighted by molar-refractivity contribution is 0.374. The van der Waals surface area contributed by atoms with Gasteiger partial charge in [-0.3, -0.25) is 5.41 Å². The van der Waals surface area contributed by atoms with E-state index in [4.69, 9.17) is 15.9 Å². The predicted molar refractivity (Wildman–Crippen MR) is 67.2 cm³/mol. The summed E-state index contributed by atoms with van der Waals surface area (Å²) in [4.78, 5) is 0. The molecule has 0 aromatic heterocycles. The Labute approximate surface area is 97.1 Å². The first-order chi connectivity index (χ1) is 7.45. The van der Waals surface area contributed by atoms with Crippen molar-refractivity contribution in [1.82, 2.24) is 0 Å². The summed E-state index contributed by atoms with van der Waals surface area (Å²) in [7, 11) is 0. The van der Waals surface area contributed by atoms with Crippen molar-refractivity contribution >= 4 is 5.84 Å². The van der Waals surface area contributed by atoms with Crippen molar-refractivity contribution in [3.05, 3.63) is 29.8 Å².